The van der Waals surface area contributed by atoms with Crippen LogP contribution >= 0.6 is 0 Å². The smallest absolute Gasteiger partial charge is 0.353 e. The lowest BCUT2D eigenvalue weighted by Gasteiger charge is -2.10. The molecule has 0 atom stereocenters. The molecule has 144 valence electrons. The van der Waals surface area contributed by atoms with Crippen LogP contribution < -0.4 is 10.6 Å². The molecule has 1 aromatic carbocycles. The minimum atomic E-state index is -0.618. The van der Waals surface area contributed by atoms with Crippen molar-refractivity contribution in [2.45, 2.75) is 13.8 Å². The van der Waals surface area contributed by atoms with E-state index >= 15 is 0 Å². The lowest BCUT2D eigenvalue weighted by molar-refractivity contribution is -0.383. The second-order valence-corrected chi connectivity index (χ2v) is 5.55. The zero-order valence-electron chi connectivity index (χ0n) is 15.0. The van der Waals surface area contributed by atoms with E-state index in [9.17, 15) is 14.9 Å². The summed E-state index contributed by atoms with van der Waals surface area (Å²) in [6.45, 7) is 3.63. The Morgan fingerprint density at radius 3 is 2.64 bits per heavy atom. The van der Waals surface area contributed by atoms with E-state index in [-0.39, 0.29) is 29.7 Å². The molecule has 28 heavy (non-hydrogen) atoms. The van der Waals surface area contributed by atoms with Crippen LogP contribution in [0.25, 0.3) is 0 Å². The molecule has 0 bridgehead atoms. The van der Waals surface area contributed by atoms with Gasteiger partial charge in [0.2, 0.25) is 11.6 Å². The van der Waals surface area contributed by atoms with E-state index in [4.69, 9.17) is 9.26 Å². The van der Waals surface area contributed by atoms with Crippen LogP contribution in [0.15, 0.2) is 41.2 Å². The quantitative estimate of drug-likeness (QED) is 0.353. The lowest BCUT2D eigenvalue weighted by atomic mass is 10.2. The molecule has 0 saturated heterocycles. The Hall–Kier alpha value is -4.02. The highest BCUT2D eigenvalue weighted by atomic mass is 16.6. The highest BCUT2D eigenvalue weighted by Gasteiger charge is 2.24. The van der Waals surface area contributed by atoms with Gasteiger partial charge in [-0.3, -0.25) is 10.1 Å². The van der Waals surface area contributed by atoms with Gasteiger partial charge in [0.05, 0.1) is 17.1 Å². The molecular formula is C17H16N6O5. The number of aryl methyl sites for hydroxylation is 1. The highest BCUT2D eigenvalue weighted by molar-refractivity contribution is 5.91. The van der Waals surface area contributed by atoms with Crippen molar-refractivity contribution in [2.24, 2.45) is 0 Å². The summed E-state index contributed by atoms with van der Waals surface area (Å²) < 4.78 is 9.89. The second-order valence-electron chi connectivity index (χ2n) is 5.55. The molecule has 3 aromatic rings. The van der Waals surface area contributed by atoms with Gasteiger partial charge in [0.25, 0.3) is 0 Å². The standard InChI is InChI=1S/C17H16N6O5/c1-3-27-17(24)11-5-4-6-12(8-11)20-15-14(23(25)26)16(19-9-18-15)21-13-7-10(2)28-22-13/h4-9H,3H2,1-2H3,(H2,18,19,20,21,22). The predicted molar refractivity (Wildman–Crippen MR) is 98.9 cm³/mol. The molecule has 0 fully saturated rings. The van der Waals surface area contributed by atoms with E-state index in [2.05, 4.69) is 25.8 Å². The second kappa shape index (κ2) is 8.12. The third kappa shape index (κ3) is 4.20. The molecule has 0 aliphatic heterocycles. The Balaban J connectivity index is 1.92. The number of ether oxygens (including phenoxy) is 1. The molecule has 0 amide bonds. The number of nitro groups is 1. The Bertz CT molecular complexity index is 1020. The zero-order valence-corrected chi connectivity index (χ0v) is 15.0. The van der Waals surface area contributed by atoms with Gasteiger partial charge < -0.3 is 19.9 Å². The fraction of sp³-hybridized carbons (Fsp3) is 0.176. The van der Waals surface area contributed by atoms with E-state index < -0.39 is 10.9 Å². The van der Waals surface area contributed by atoms with Crippen molar-refractivity contribution in [1.29, 1.82) is 0 Å². The molecule has 11 heteroatoms. The molecule has 11 nitrogen and oxygen atoms in total. The Morgan fingerprint density at radius 1 is 1.25 bits per heavy atom. The van der Waals surface area contributed by atoms with Gasteiger partial charge in [0, 0.05) is 11.8 Å². The van der Waals surface area contributed by atoms with Gasteiger partial charge >= 0.3 is 11.7 Å². The van der Waals surface area contributed by atoms with E-state index in [1.165, 1.54) is 12.4 Å². The number of rotatable bonds is 7. The average molecular weight is 384 g/mol. The molecule has 0 unspecified atom stereocenters. The van der Waals surface area contributed by atoms with E-state index in [1.54, 1.807) is 38.1 Å². The largest absolute Gasteiger partial charge is 0.462 e. The highest BCUT2D eigenvalue weighted by Crippen LogP contribution is 2.32. The van der Waals surface area contributed by atoms with Crippen LogP contribution in [0.5, 0.6) is 0 Å². The summed E-state index contributed by atoms with van der Waals surface area (Å²) in [5, 5.41) is 20.9. The van der Waals surface area contributed by atoms with Crippen LogP contribution in [-0.2, 0) is 4.74 Å². The minimum Gasteiger partial charge on any atom is -0.462 e. The van der Waals surface area contributed by atoms with Gasteiger partial charge in [-0.2, -0.15) is 0 Å². The third-order valence-corrected chi connectivity index (χ3v) is 3.52. The van der Waals surface area contributed by atoms with Gasteiger partial charge in [0.1, 0.15) is 12.1 Å². The van der Waals surface area contributed by atoms with Crippen molar-refractivity contribution in [1.82, 2.24) is 15.1 Å². The maximum absolute atomic E-state index is 11.9. The number of benzene rings is 1. The van der Waals surface area contributed by atoms with Gasteiger partial charge in [-0.15, -0.1) is 0 Å². The summed E-state index contributed by atoms with van der Waals surface area (Å²) in [7, 11) is 0. The average Bonchev–Trinajstić information content (AvgIpc) is 3.07. The van der Waals surface area contributed by atoms with E-state index in [0.717, 1.165) is 0 Å². The Morgan fingerprint density at radius 2 is 2.00 bits per heavy atom. The van der Waals surface area contributed by atoms with Crippen LogP contribution in [0, 0.1) is 17.0 Å². The van der Waals surface area contributed by atoms with Gasteiger partial charge in [-0.05, 0) is 32.0 Å². The van der Waals surface area contributed by atoms with Gasteiger partial charge in [0.15, 0.2) is 5.82 Å². The number of aromatic nitrogens is 3. The van der Waals surface area contributed by atoms with Crippen molar-refractivity contribution in [3.8, 4) is 0 Å². The van der Waals surface area contributed by atoms with Gasteiger partial charge in [-0.25, -0.2) is 14.8 Å². The summed E-state index contributed by atoms with van der Waals surface area (Å²) in [6, 6.07) is 7.93. The van der Waals surface area contributed by atoms with E-state index in [0.29, 0.717) is 17.0 Å². The van der Waals surface area contributed by atoms with Crippen LogP contribution in [-0.4, -0.2) is 32.6 Å². The fourth-order valence-corrected chi connectivity index (χ4v) is 2.36. The number of carbonyl (C=O) groups excluding carboxylic acids is 1. The van der Waals surface area contributed by atoms with Crippen LogP contribution in [0.2, 0.25) is 0 Å². The van der Waals surface area contributed by atoms with Crippen LogP contribution in [0.1, 0.15) is 23.0 Å². The molecule has 2 N–H and O–H groups in total. The van der Waals surface area contributed by atoms with Crippen molar-refractivity contribution in [3.05, 3.63) is 58.1 Å². The Kier molecular flexibility index (Phi) is 5.44. The fourth-order valence-electron chi connectivity index (χ4n) is 2.36. The monoisotopic (exact) mass is 384 g/mol. The molecule has 2 aromatic heterocycles. The first-order valence-corrected chi connectivity index (χ1v) is 8.22. The first-order chi connectivity index (χ1) is 13.5. The predicted octanol–water partition coefficient (Wildman–Crippen LogP) is 3.35. The van der Waals surface area contributed by atoms with Crippen LogP contribution in [0.3, 0.4) is 0 Å². The molecule has 0 aliphatic carbocycles. The summed E-state index contributed by atoms with van der Waals surface area (Å²) in [6.07, 6.45) is 1.17. The SMILES string of the molecule is CCOC(=O)c1cccc(Nc2ncnc(Nc3cc(C)on3)c2[N+](=O)[O-])c1. The number of esters is 1. The molecule has 2 heterocycles. The lowest BCUT2D eigenvalue weighted by Crippen LogP contribution is -2.07. The van der Waals surface area contributed by atoms with Crippen molar-refractivity contribution >= 4 is 34.8 Å². The summed E-state index contributed by atoms with van der Waals surface area (Å²) in [5.41, 5.74) is 0.347. The molecule has 0 saturated carbocycles. The van der Waals surface area contributed by atoms with Crippen molar-refractivity contribution < 1.29 is 19.0 Å². The number of nitrogens with one attached hydrogen (secondary N) is 2. The normalized spacial score (nSPS) is 10.4. The van der Waals surface area contributed by atoms with Crippen molar-refractivity contribution in [3.63, 3.8) is 0 Å². The Labute approximate surface area is 158 Å². The third-order valence-electron chi connectivity index (χ3n) is 3.52. The topological polar surface area (TPSA) is 145 Å². The van der Waals surface area contributed by atoms with Crippen molar-refractivity contribution in [2.75, 3.05) is 17.2 Å². The maximum Gasteiger partial charge on any atom is 0.353 e. The number of hydrogen-bond acceptors (Lipinski definition) is 10. The van der Waals surface area contributed by atoms with E-state index in [1.807, 2.05) is 0 Å². The zero-order chi connectivity index (χ0) is 20.1. The molecular weight excluding hydrogens is 368 g/mol. The molecule has 0 spiro atoms. The first kappa shape index (κ1) is 18.8. The van der Waals surface area contributed by atoms with Crippen LogP contribution in [0.4, 0.5) is 28.8 Å². The summed E-state index contributed by atoms with van der Waals surface area (Å²) in [4.78, 5) is 30.7. The summed E-state index contributed by atoms with van der Waals surface area (Å²) in [5.74, 6) is 0.205. The minimum absolute atomic E-state index is 0.0521. The molecule has 3 rings (SSSR count). The maximum atomic E-state index is 11.9. The summed E-state index contributed by atoms with van der Waals surface area (Å²) >= 11 is 0. The first-order valence-electron chi connectivity index (χ1n) is 8.22. The molecule has 0 aliphatic rings. The number of nitrogens with zero attached hydrogens (tertiary/aromatic N) is 4. The number of anilines is 4. The number of hydrogen-bond donors (Lipinski definition) is 2. The number of carbonyl (C=O) groups is 1. The van der Waals surface area contributed by atoms with Gasteiger partial charge in [-0.1, -0.05) is 11.2 Å². The molecule has 0 radical (unpaired) electrons.